The minimum Gasteiger partial charge on any atom is -0.494 e. The molecule has 1 heterocycles. The second kappa shape index (κ2) is 7.01. The van der Waals surface area contributed by atoms with Crippen molar-refractivity contribution < 1.29 is 9.13 Å². The van der Waals surface area contributed by atoms with Crippen LogP contribution in [0.2, 0.25) is 0 Å². The Morgan fingerprint density at radius 1 is 1.12 bits per heavy atom. The Balaban J connectivity index is 2.09. The van der Waals surface area contributed by atoms with Crippen LogP contribution in [-0.2, 0) is 5.88 Å². The SMILES string of the molecule is CCOc1ccc(N(C)c2nc(CCl)nc3cccc(F)c23)cc1. The summed E-state index contributed by atoms with van der Waals surface area (Å²) in [6, 6.07) is 12.3. The van der Waals surface area contributed by atoms with Gasteiger partial charge in [-0.25, -0.2) is 14.4 Å². The van der Waals surface area contributed by atoms with Crippen LogP contribution in [0, 0.1) is 5.82 Å². The van der Waals surface area contributed by atoms with Crippen molar-refractivity contribution in [1.82, 2.24) is 9.97 Å². The second-order valence-electron chi connectivity index (χ2n) is 5.22. The lowest BCUT2D eigenvalue weighted by molar-refractivity contribution is 0.340. The van der Waals surface area contributed by atoms with Crippen LogP contribution in [0.5, 0.6) is 5.75 Å². The molecule has 0 aliphatic rings. The van der Waals surface area contributed by atoms with Crippen LogP contribution >= 0.6 is 11.6 Å². The highest BCUT2D eigenvalue weighted by Crippen LogP contribution is 2.31. The summed E-state index contributed by atoms with van der Waals surface area (Å²) in [6.45, 7) is 2.54. The molecule has 0 amide bonds. The molecule has 3 aromatic rings. The van der Waals surface area contributed by atoms with Crippen molar-refractivity contribution in [2.45, 2.75) is 12.8 Å². The summed E-state index contributed by atoms with van der Waals surface area (Å²) in [5.74, 6) is 1.54. The predicted octanol–water partition coefficient (Wildman–Crippen LogP) is 4.67. The minimum absolute atomic E-state index is 0.163. The maximum absolute atomic E-state index is 14.4. The molecule has 0 spiro atoms. The van der Waals surface area contributed by atoms with Crippen molar-refractivity contribution in [1.29, 1.82) is 0 Å². The molecule has 0 fully saturated rings. The molecule has 0 saturated carbocycles. The van der Waals surface area contributed by atoms with Gasteiger partial charge in [0.1, 0.15) is 23.2 Å². The summed E-state index contributed by atoms with van der Waals surface area (Å²) in [5.41, 5.74) is 1.40. The van der Waals surface area contributed by atoms with Crippen molar-refractivity contribution in [2.75, 3.05) is 18.6 Å². The molecule has 0 N–H and O–H groups in total. The third kappa shape index (κ3) is 3.12. The van der Waals surface area contributed by atoms with E-state index in [1.807, 2.05) is 43.1 Å². The van der Waals surface area contributed by atoms with Crippen LogP contribution in [-0.4, -0.2) is 23.6 Å². The van der Waals surface area contributed by atoms with E-state index in [0.29, 0.717) is 29.2 Å². The third-order valence-electron chi connectivity index (χ3n) is 3.67. The molecule has 24 heavy (non-hydrogen) atoms. The van der Waals surface area contributed by atoms with Crippen LogP contribution in [0.4, 0.5) is 15.9 Å². The Bertz CT molecular complexity index is 855. The van der Waals surface area contributed by atoms with E-state index in [-0.39, 0.29) is 11.7 Å². The number of ether oxygens (including phenoxy) is 1. The van der Waals surface area contributed by atoms with E-state index in [0.717, 1.165) is 11.4 Å². The standard InChI is InChI=1S/C18H17ClFN3O/c1-3-24-13-9-7-12(8-10-13)23(2)18-17-14(20)5-4-6-15(17)21-16(11-19)22-18/h4-10H,3,11H2,1-2H3. The zero-order valence-corrected chi connectivity index (χ0v) is 14.2. The van der Waals surface area contributed by atoms with Crippen LogP contribution in [0.1, 0.15) is 12.7 Å². The molecule has 4 nitrogen and oxygen atoms in total. The molecule has 6 heteroatoms. The Kier molecular flexibility index (Phi) is 4.81. The van der Waals surface area contributed by atoms with Gasteiger partial charge in [-0.2, -0.15) is 0 Å². The van der Waals surface area contributed by atoms with Gasteiger partial charge in [0.2, 0.25) is 0 Å². The van der Waals surface area contributed by atoms with E-state index >= 15 is 0 Å². The van der Waals surface area contributed by atoms with Crippen LogP contribution < -0.4 is 9.64 Å². The van der Waals surface area contributed by atoms with Crippen molar-refractivity contribution >= 4 is 34.0 Å². The topological polar surface area (TPSA) is 38.2 Å². The molecule has 2 aromatic carbocycles. The number of alkyl halides is 1. The molecule has 1 aromatic heterocycles. The average molecular weight is 346 g/mol. The summed E-state index contributed by atoms with van der Waals surface area (Å²) in [5, 5.41) is 0.378. The largest absolute Gasteiger partial charge is 0.494 e. The second-order valence-corrected chi connectivity index (χ2v) is 5.48. The maximum Gasteiger partial charge on any atom is 0.147 e. The number of rotatable bonds is 5. The number of hydrogen-bond donors (Lipinski definition) is 0. The van der Waals surface area contributed by atoms with E-state index < -0.39 is 0 Å². The molecular weight excluding hydrogens is 329 g/mol. The van der Waals surface area contributed by atoms with Gasteiger partial charge in [0.25, 0.3) is 0 Å². The first-order valence-corrected chi connectivity index (χ1v) is 8.15. The van der Waals surface area contributed by atoms with Crippen LogP contribution in [0.15, 0.2) is 42.5 Å². The Morgan fingerprint density at radius 2 is 1.88 bits per heavy atom. The van der Waals surface area contributed by atoms with Gasteiger partial charge in [-0.1, -0.05) is 6.07 Å². The Morgan fingerprint density at radius 3 is 2.54 bits per heavy atom. The molecule has 0 radical (unpaired) electrons. The molecule has 0 bridgehead atoms. The van der Waals surface area contributed by atoms with Gasteiger partial charge in [-0.3, -0.25) is 0 Å². The molecule has 0 aliphatic heterocycles. The smallest absolute Gasteiger partial charge is 0.147 e. The van der Waals surface area contributed by atoms with Gasteiger partial charge in [0, 0.05) is 12.7 Å². The molecule has 0 unspecified atom stereocenters. The van der Waals surface area contributed by atoms with Gasteiger partial charge >= 0.3 is 0 Å². The first-order chi connectivity index (χ1) is 11.6. The van der Waals surface area contributed by atoms with Crippen molar-refractivity contribution in [3.63, 3.8) is 0 Å². The first-order valence-electron chi connectivity index (χ1n) is 7.61. The van der Waals surface area contributed by atoms with Crippen molar-refractivity contribution in [2.24, 2.45) is 0 Å². The van der Waals surface area contributed by atoms with Crippen molar-refractivity contribution in [3.05, 3.63) is 54.1 Å². The summed E-state index contributed by atoms with van der Waals surface area (Å²) in [6.07, 6.45) is 0. The van der Waals surface area contributed by atoms with Crippen LogP contribution in [0.25, 0.3) is 10.9 Å². The van der Waals surface area contributed by atoms with Gasteiger partial charge in [0.15, 0.2) is 0 Å². The molecule has 0 aliphatic carbocycles. The highest BCUT2D eigenvalue weighted by Gasteiger charge is 2.16. The fourth-order valence-corrected chi connectivity index (χ4v) is 2.65. The number of benzene rings is 2. The third-order valence-corrected chi connectivity index (χ3v) is 3.91. The molecule has 0 atom stereocenters. The predicted molar refractivity (Wildman–Crippen MR) is 94.7 cm³/mol. The number of aromatic nitrogens is 2. The van der Waals surface area contributed by atoms with E-state index in [4.69, 9.17) is 16.3 Å². The normalized spacial score (nSPS) is 10.8. The van der Waals surface area contributed by atoms with E-state index in [9.17, 15) is 4.39 Å². The van der Waals surface area contributed by atoms with Crippen molar-refractivity contribution in [3.8, 4) is 5.75 Å². The van der Waals surface area contributed by atoms with E-state index in [2.05, 4.69) is 9.97 Å². The number of fused-ring (bicyclic) bond motifs is 1. The van der Waals surface area contributed by atoms with Gasteiger partial charge in [0.05, 0.1) is 23.4 Å². The molecule has 0 saturated heterocycles. The minimum atomic E-state index is -0.360. The molecular formula is C18H17ClFN3O. The fourth-order valence-electron chi connectivity index (χ4n) is 2.53. The van der Waals surface area contributed by atoms with E-state index in [1.54, 1.807) is 12.1 Å². The van der Waals surface area contributed by atoms with Gasteiger partial charge in [-0.15, -0.1) is 11.6 Å². The zero-order chi connectivity index (χ0) is 17.1. The Hall–Kier alpha value is -2.40. The number of halogens is 2. The zero-order valence-electron chi connectivity index (χ0n) is 13.5. The average Bonchev–Trinajstić information content (AvgIpc) is 2.61. The summed E-state index contributed by atoms with van der Waals surface area (Å²) in [4.78, 5) is 10.5. The lowest BCUT2D eigenvalue weighted by Crippen LogP contribution is -2.14. The summed E-state index contributed by atoms with van der Waals surface area (Å²) in [7, 11) is 1.84. The highest BCUT2D eigenvalue weighted by atomic mass is 35.5. The van der Waals surface area contributed by atoms with Crippen LogP contribution in [0.3, 0.4) is 0 Å². The number of nitrogens with zero attached hydrogens (tertiary/aromatic N) is 3. The highest BCUT2D eigenvalue weighted by molar-refractivity contribution is 6.16. The molecule has 3 rings (SSSR count). The van der Waals surface area contributed by atoms with Gasteiger partial charge < -0.3 is 9.64 Å². The monoisotopic (exact) mass is 345 g/mol. The maximum atomic E-state index is 14.4. The first kappa shape index (κ1) is 16.5. The quantitative estimate of drug-likeness (QED) is 0.630. The Labute approximate surface area is 144 Å². The van der Waals surface area contributed by atoms with E-state index in [1.165, 1.54) is 6.07 Å². The fraction of sp³-hybridized carbons (Fsp3) is 0.222. The van der Waals surface area contributed by atoms with Gasteiger partial charge in [-0.05, 0) is 43.3 Å². The summed E-state index contributed by atoms with van der Waals surface area (Å²) >= 11 is 5.89. The molecule has 124 valence electrons. The lowest BCUT2D eigenvalue weighted by Gasteiger charge is -2.21. The number of anilines is 2. The number of hydrogen-bond acceptors (Lipinski definition) is 4. The lowest BCUT2D eigenvalue weighted by atomic mass is 10.2. The summed E-state index contributed by atoms with van der Waals surface area (Å²) < 4.78 is 19.8.